The van der Waals surface area contributed by atoms with Gasteiger partial charge in [0.2, 0.25) is 5.91 Å². The van der Waals surface area contributed by atoms with Gasteiger partial charge in [-0.05, 0) is 56.2 Å². The van der Waals surface area contributed by atoms with Gasteiger partial charge in [0.25, 0.3) is 5.56 Å². The maximum atomic E-state index is 12.9. The molecule has 2 aromatic heterocycles. The van der Waals surface area contributed by atoms with Crippen LogP contribution < -0.4 is 15.8 Å². The zero-order chi connectivity index (χ0) is 21.6. The second-order valence-electron chi connectivity index (χ2n) is 8.20. The van der Waals surface area contributed by atoms with Crippen LogP contribution in [0.2, 0.25) is 0 Å². The fraction of sp³-hybridized carbons (Fsp3) is 0.458. The molecule has 2 heterocycles. The minimum absolute atomic E-state index is 0.00106. The van der Waals surface area contributed by atoms with Crippen molar-refractivity contribution in [2.75, 3.05) is 25.0 Å². The van der Waals surface area contributed by atoms with E-state index in [1.165, 1.54) is 22.5 Å². The number of anilines is 1. The normalized spacial score (nSPS) is 13.2. The van der Waals surface area contributed by atoms with Gasteiger partial charge in [0.1, 0.15) is 4.83 Å². The highest BCUT2D eigenvalue weighted by molar-refractivity contribution is 7.18. The molecule has 1 aliphatic rings. The fourth-order valence-electron chi connectivity index (χ4n) is 4.16. The van der Waals surface area contributed by atoms with Gasteiger partial charge in [-0.3, -0.25) is 14.2 Å². The fourth-order valence-corrected chi connectivity index (χ4v) is 5.38. The molecule has 1 aliphatic carbocycles. The molecule has 4 rings (SSSR count). The van der Waals surface area contributed by atoms with Gasteiger partial charge in [0.15, 0.2) is 0 Å². The van der Waals surface area contributed by atoms with E-state index in [0.29, 0.717) is 19.5 Å². The van der Waals surface area contributed by atoms with Gasteiger partial charge in [0.05, 0.1) is 11.7 Å². The summed E-state index contributed by atoms with van der Waals surface area (Å²) in [6.07, 6.45) is 8.18. The molecule has 1 N–H and O–H groups in total. The number of amides is 1. The van der Waals surface area contributed by atoms with E-state index in [1.54, 1.807) is 22.2 Å². The Labute approximate surface area is 186 Å². The monoisotopic (exact) mass is 438 g/mol. The molecule has 31 heavy (non-hydrogen) atoms. The van der Waals surface area contributed by atoms with Crippen LogP contribution in [0.3, 0.4) is 0 Å². The molecular formula is C24H30N4O2S. The minimum Gasteiger partial charge on any atom is -0.375 e. The van der Waals surface area contributed by atoms with E-state index in [4.69, 9.17) is 0 Å². The molecule has 1 amide bonds. The summed E-state index contributed by atoms with van der Waals surface area (Å²) in [5.74, 6) is -0.0178. The standard InChI is InChI=1S/C24H30N4O2S/c1-27(18-9-3-2-4-10-18)15-8-7-14-25-21(29)13-16-28-17-26-23-22(24(28)30)19-11-5-6-12-20(19)31-23/h2-4,9-10,17H,5-8,11-16H2,1H3,(H,25,29). The van der Waals surface area contributed by atoms with Crippen LogP contribution >= 0.6 is 11.3 Å². The van der Waals surface area contributed by atoms with Crippen LogP contribution in [0.4, 0.5) is 5.69 Å². The summed E-state index contributed by atoms with van der Waals surface area (Å²) in [5, 5.41) is 3.76. The topological polar surface area (TPSA) is 67.2 Å². The first-order valence-electron chi connectivity index (χ1n) is 11.2. The Kier molecular flexibility index (Phi) is 7.02. The van der Waals surface area contributed by atoms with Crippen LogP contribution in [0.5, 0.6) is 0 Å². The summed E-state index contributed by atoms with van der Waals surface area (Å²) in [4.78, 5) is 34.1. The Balaban J connectivity index is 1.22. The molecule has 0 fully saturated rings. The third-order valence-corrected chi connectivity index (χ3v) is 7.16. The van der Waals surface area contributed by atoms with E-state index >= 15 is 0 Å². The maximum Gasteiger partial charge on any atom is 0.262 e. The largest absolute Gasteiger partial charge is 0.375 e. The van der Waals surface area contributed by atoms with Crippen molar-refractivity contribution in [1.82, 2.24) is 14.9 Å². The average molecular weight is 439 g/mol. The lowest BCUT2D eigenvalue weighted by molar-refractivity contribution is -0.121. The average Bonchev–Trinajstić information content (AvgIpc) is 3.18. The predicted molar refractivity (Wildman–Crippen MR) is 127 cm³/mol. The van der Waals surface area contributed by atoms with Gasteiger partial charge in [-0.2, -0.15) is 0 Å². The van der Waals surface area contributed by atoms with E-state index < -0.39 is 0 Å². The van der Waals surface area contributed by atoms with E-state index in [0.717, 1.165) is 48.9 Å². The number of carbonyl (C=O) groups is 1. The van der Waals surface area contributed by atoms with Crippen molar-refractivity contribution in [2.45, 2.75) is 51.5 Å². The zero-order valence-electron chi connectivity index (χ0n) is 18.1. The number of nitrogens with one attached hydrogen (secondary N) is 1. The van der Waals surface area contributed by atoms with Crippen molar-refractivity contribution in [1.29, 1.82) is 0 Å². The second kappa shape index (κ2) is 10.1. The molecule has 1 aromatic carbocycles. The third kappa shape index (κ3) is 5.15. The first-order valence-corrected chi connectivity index (χ1v) is 12.0. The number of benzene rings is 1. The van der Waals surface area contributed by atoms with Crippen molar-refractivity contribution in [3.63, 3.8) is 0 Å². The Bertz CT molecular complexity index is 1090. The molecule has 0 aliphatic heterocycles. The third-order valence-electron chi connectivity index (χ3n) is 5.96. The molecule has 0 unspecified atom stereocenters. The molecule has 164 valence electrons. The van der Waals surface area contributed by atoms with Gasteiger partial charge in [0, 0.05) is 43.7 Å². The molecule has 3 aromatic rings. The highest BCUT2D eigenvalue weighted by atomic mass is 32.1. The molecule has 0 saturated carbocycles. The Morgan fingerprint density at radius 2 is 2.00 bits per heavy atom. The van der Waals surface area contributed by atoms with Gasteiger partial charge >= 0.3 is 0 Å². The second-order valence-corrected chi connectivity index (χ2v) is 9.28. The van der Waals surface area contributed by atoms with Crippen LogP contribution in [0.25, 0.3) is 10.2 Å². The van der Waals surface area contributed by atoms with Crippen molar-refractivity contribution in [3.8, 4) is 0 Å². The summed E-state index contributed by atoms with van der Waals surface area (Å²) in [6.45, 7) is 1.98. The molecule has 0 bridgehead atoms. The van der Waals surface area contributed by atoms with Gasteiger partial charge < -0.3 is 10.2 Å². The molecule has 0 atom stereocenters. The number of fused-ring (bicyclic) bond motifs is 3. The number of thiophene rings is 1. The van der Waals surface area contributed by atoms with Crippen molar-refractivity contribution in [3.05, 3.63) is 57.5 Å². The van der Waals surface area contributed by atoms with Gasteiger partial charge in [-0.25, -0.2) is 4.98 Å². The summed E-state index contributed by atoms with van der Waals surface area (Å²) in [6, 6.07) is 10.3. The number of para-hydroxylation sites is 1. The number of unbranched alkanes of at least 4 members (excludes halogenated alkanes) is 1. The van der Waals surface area contributed by atoms with Crippen LogP contribution in [0.1, 0.15) is 42.5 Å². The summed E-state index contributed by atoms with van der Waals surface area (Å²) in [7, 11) is 2.08. The zero-order valence-corrected chi connectivity index (χ0v) is 18.9. The lowest BCUT2D eigenvalue weighted by Gasteiger charge is -2.19. The SMILES string of the molecule is CN(CCCCNC(=O)CCn1cnc2sc3c(c2c1=O)CCCC3)c1ccccc1. The van der Waals surface area contributed by atoms with E-state index in [1.807, 2.05) is 18.2 Å². The first kappa shape index (κ1) is 21.6. The smallest absolute Gasteiger partial charge is 0.262 e. The van der Waals surface area contributed by atoms with Crippen LogP contribution in [-0.4, -0.2) is 35.6 Å². The first-order chi connectivity index (χ1) is 15.1. The number of aryl methyl sites for hydroxylation is 3. The number of hydrogen-bond donors (Lipinski definition) is 1. The summed E-state index contributed by atoms with van der Waals surface area (Å²) >= 11 is 1.66. The van der Waals surface area contributed by atoms with Crippen molar-refractivity contribution in [2.24, 2.45) is 0 Å². The Hall–Kier alpha value is -2.67. The van der Waals surface area contributed by atoms with Crippen molar-refractivity contribution < 1.29 is 4.79 Å². The highest BCUT2D eigenvalue weighted by Gasteiger charge is 2.20. The molecule has 0 saturated heterocycles. The Morgan fingerprint density at radius 1 is 1.19 bits per heavy atom. The summed E-state index contributed by atoms with van der Waals surface area (Å²) in [5.41, 5.74) is 2.40. The van der Waals surface area contributed by atoms with Gasteiger partial charge in [-0.1, -0.05) is 18.2 Å². The number of carbonyl (C=O) groups excluding carboxylic acids is 1. The number of rotatable bonds is 9. The summed E-state index contributed by atoms with van der Waals surface area (Å²) < 4.78 is 1.60. The van der Waals surface area contributed by atoms with Gasteiger partial charge in [-0.15, -0.1) is 11.3 Å². The minimum atomic E-state index is -0.0178. The number of hydrogen-bond acceptors (Lipinski definition) is 5. The molecule has 7 heteroatoms. The van der Waals surface area contributed by atoms with E-state index in [2.05, 4.69) is 34.4 Å². The predicted octanol–water partition coefficient (Wildman–Crippen LogP) is 3.76. The van der Waals surface area contributed by atoms with Crippen molar-refractivity contribution >= 4 is 33.1 Å². The number of nitrogens with zero attached hydrogens (tertiary/aromatic N) is 3. The molecule has 0 spiro atoms. The lowest BCUT2D eigenvalue weighted by Crippen LogP contribution is -2.29. The van der Waals surface area contributed by atoms with Crippen LogP contribution in [0.15, 0.2) is 41.5 Å². The lowest BCUT2D eigenvalue weighted by atomic mass is 9.97. The maximum absolute atomic E-state index is 12.9. The molecular weight excluding hydrogens is 408 g/mol. The molecule has 0 radical (unpaired) electrons. The van der Waals surface area contributed by atoms with E-state index in [-0.39, 0.29) is 11.5 Å². The van der Waals surface area contributed by atoms with E-state index in [9.17, 15) is 9.59 Å². The van der Waals surface area contributed by atoms with Crippen LogP contribution in [-0.2, 0) is 24.2 Å². The quantitative estimate of drug-likeness (QED) is 0.517. The Morgan fingerprint density at radius 3 is 2.84 bits per heavy atom. The molecule has 6 nitrogen and oxygen atoms in total. The highest BCUT2D eigenvalue weighted by Crippen LogP contribution is 2.33. The van der Waals surface area contributed by atoms with Crippen LogP contribution in [0, 0.1) is 0 Å². The number of aromatic nitrogens is 2.